The number of aromatic nitrogens is 1. The van der Waals surface area contributed by atoms with Crippen molar-refractivity contribution in [1.29, 1.82) is 0 Å². The molecule has 1 aliphatic rings. The van der Waals surface area contributed by atoms with E-state index in [1.54, 1.807) is 0 Å². The molecule has 7 heteroatoms. The summed E-state index contributed by atoms with van der Waals surface area (Å²) in [4.78, 5) is 12.2. The van der Waals surface area contributed by atoms with Gasteiger partial charge in [0.1, 0.15) is 0 Å². The van der Waals surface area contributed by atoms with E-state index in [2.05, 4.69) is 52.4 Å². The van der Waals surface area contributed by atoms with Crippen LogP contribution >= 0.6 is 11.6 Å². The standard InChI is InChI=1S/C20H37ClN6/c1-6-22-20(25(5)16-19-12-18(21)15-24(19)4)23-13-17(3)14-27-10-8-26(7-2)9-11-27/h12,15,17H,6-11,13-14,16H2,1-5H3,(H,22,23). The molecule has 1 unspecified atom stereocenters. The molecule has 1 aliphatic heterocycles. The number of halogens is 1. The number of piperazine rings is 1. The zero-order valence-corrected chi connectivity index (χ0v) is 18.5. The van der Waals surface area contributed by atoms with Crippen molar-refractivity contribution in [3.8, 4) is 0 Å². The lowest BCUT2D eigenvalue weighted by molar-refractivity contribution is 0.125. The molecular formula is C20H37ClN6. The van der Waals surface area contributed by atoms with Crippen LogP contribution in [0, 0.1) is 5.92 Å². The molecule has 2 heterocycles. The number of likely N-dealkylation sites (N-methyl/N-ethyl adjacent to an activating group) is 1. The van der Waals surface area contributed by atoms with Crippen LogP contribution in [0.4, 0.5) is 0 Å². The van der Waals surface area contributed by atoms with Crippen molar-refractivity contribution < 1.29 is 0 Å². The second-order valence-electron chi connectivity index (χ2n) is 7.65. The summed E-state index contributed by atoms with van der Waals surface area (Å²) in [6.07, 6.45) is 1.94. The summed E-state index contributed by atoms with van der Waals surface area (Å²) >= 11 is 6.11. The van der Waals surface area contributed by atoms with E-state index in [9.17, 15) is 0 Å². The first-order valence-corrected chi connectivity index (χ1v) is 10.6. The predicted molar refractivity (Wildman–Crippen MR) is 116 cm³/mol. The maximum absolute atomic E-state index is 6.11. The lowest BCUT2D eigenvalue weighted by atomic mass is 10.1. The quantitative estimate of drug-likeness (QED) is 0.540. The summed E-state index contributed by atoms with van der Waals surface area (Å²) in [6, 6.07) is 2.01. The van der Waals surface area contributed by atoms with Crippen molar-refractivity contribution in [2.45, 2.75) is 27.3 Å². The lowest BCUT2D eigenvalue weighted by Gasteiger charge is -2.35. The van der Waals surface area contributed by atoms with Crippen molar-refractivity contribution in [1.82, 2.24) is 24.6 Å². The molecule has 0 amide bonds. The zero-order chi connectivity index (χ0) is 19.8. The smallest absolute Gasteiger partial charge is 0.194 e. The Kier molecular flexibility index (Phi) is 8.93. The van der Waals surface area contributed by atoms with Crippen LogP contribution in [0.1, 0.15) is 26.5 Å². The van der Waals surface area contributed by atoms with E-state index in [4.69, 9.17) is 16.6 Å². The molecule has 2 rings (SSSR count). The van der Waals surface area contributed by atoms with Crippen molar-refractivity contribution in [3.63, 3.8) is 0 Å². The average molecular weight is 397 g/mol. The Bertz CT molecular complexity index is 591. The van der Waals surface area contributed by atoms with Gasteiger partial charge in [0.2, 0.25) is 0 Å². The van der Waals surface area contributed by atoms with Gasteiger partial charge in [-0.15, -0.1) is 0 Å². The highest BCUT2D eigenvalue weighted by Crippen LogP contribution is 2.14. The van der Waals surface area contributed by atoms with Crippen LogP contribution in [-0.4, -0.2) is 84.6 Å². The number of nitrogens with one attached hydrogen (secondary N) is 1. The van der Waals surface area contributed by atoms with E-state index in [1.165, 1.54) is 38.4 Å². The molecule has 1 N–H and O–H groups in total. The van der Waals surface area contributed by atoms with Crippen LogP contribution in [0.15, 0.2) is 17.3 Å². The molecule has 0 aromatic carbocycles. The fourth-order valence-corrected chi connectivity index (χ4v) is 3.81. The van der Waals surface area contributed by atoms with Gasteiger partial charge < -0.3 is 24.6 Å². The van der Waals surface area contributed by atoms with Crippen molar-refractivity contribution >= 4 is 17.6 Å². The molecule has 6 nitrogen and oxygen atoms in total. The minimum Gasteiger partial charge on any atom is -0.357 e. The Morgan fingerprint density at radius 1 is 1.26 bits per heavy atom. The zero-order valence-electron chi connectivity index (χ0n) is 17.7. The van der Waals surface area contributed by atoms with Crippen LogP contribution < -0.4 is 5.32 Å². The van der Waals surface area contributed by atoms with Crippen LogP contribution in [-0.2, 0) is 13.6 Å². The molecule has 0 bridgehead atoms. The van der Waals surface area contributed by atoms with Crippen LogP contribution in [0.2, 0.25) is 5.02 Å². The lowest BCUT2D eigenvalue weighted by Crippen LogP contribution is -2.47. The largest absolute Gasteiger partial charge is 0.357 e. The number of aliphatic imine (C=N–C) groups is 1. The molecule has 1 saturated heterocycles. The normalized spacial score (nSPS) is 17.9. The first-order chi connectivity index (χ1) is 12.9. The van der Waals surface area contributed by atoms with E-state index in [1.807, 2.05) is 19.3 Å². The average Bonchev–Trinajstić information content (AvgIpc) is 2.96. The first-order valence-electron chi connectivity index (χ1n) is 10.2. The van der Waals surface area contributed by atoms with Crippen LogP contribution in [0.3, 0.4) is 0 Å². The third-order valence-electron chi connectivity index (χ3n) is 5.20. The van der Waals surface area contributed by atoms with Crippen LogP contribution in [0.5, 0.6) is 0 Å². The Balaban J connectivity index is 1.87. The summed E-state index contributed by atoms with van der Waals surface area (Å²) in [6.45, 7) is 16.2. The van der Waals surface area contributed by atoms with Crippen molar-refractivity contribution in [2.75, 3.05) is 59.4 Å². The summed E-state index contributed by atoms with van der Waals surface area (Å²) in [5.74, 6) is 1.50. The second-order valence-corrected chi connectivity index (χ2v) is 8.09. The number of rotatable bonds is 8. The molecule has 1 atom stereocenters. The fraction of sp³-hybridized carbons (Fsp3) is 0.750. The summed E-state index contributed by atoms with van der Waals surface area (Å²) in [5.41, 5.74) is 1.18. The Hall–Kier alpha value is -1.24. The van der Waals surface area contributed by atoms with Gasteiger partial charge in [-0.1, -0.05) is 25.4 Å². The SMILES string of the molecule is CCNC(=NCC(C)CN1CCN(CC)CC1)N(C)Cc1cc(Cl)cn1C. The Morgan fingerprint density at radius 2 is 1.93 bits per heavy atom. The number of aryl methyl sites for hydroxylation is 1. The van der Waals surface area contributed by atoms with Crippen LogP contribution in [0.25, 0.3) is 0 Å². The highest BCUT2D eigenvalue weighted by Gasteiger charge is 2.17. The van der Waals surface area contributed by atoms with E-state index in [-0.39, 0.29) is 0 Å². The van der Waals surface area contributed by atoms with E-state index in [0.29, 0.717) is 5.92 Å². The molecule has 0 aliphatic carbocycles. The molecule has 0 saturated carbocycles. The minimum absolute atomic E-state index is 0.546. The summed E-state index contributed by atoms with van der Waals surface area (Å²) < 4.78 is 2.07. The minimum atomic E-state index is 0.546. The Labute approximate surface area is 170 Å². The molecule has 154 valence electrons. The van der Waals surface area contributed by atoms with Gasteiger partial charge in [-0.3, -0.25) is 4.99 Å². The maximum atomic E-state index is 6.11. The summed E-state index contributed by atoms with van der Waals surface area (Å²) in [7, 11) is 4.11. The second kappa shape index (κ2) is 10.9. The molecule has 0 radical (unpaired) electrons. The van der Waals surface area contributed by atoms with Gasteiger partial charge >= 0.3 is 0 Å². The van der Waals surface area contributed by atoms with Gasteiger partial charge in [0.15, 0.2) is 5.96 Å². The van der Waals surface area contributed by atoms with Gasteiger partial charge in [0.25, 0.3) is 0 Å². The topological polar surface area (TPSA) is 39.0 Å². The van der Waals surface area contributed by atoms with Gasteiger partial charge in [0, 0.05) is 71.8 Å². The van der Waals surface area contributed by atoms with Crippen molar-refractivity contribution in [3.05, 3.63) is 23.0 Å². The molecule has 1 aromatic heterocycles. The van der Waals surface area contributed by atoms with Gasteiger partial charge in [-0.05, 0) is 25.5 Å². The van der Waals surface area contributed by atoms with E-state index in [0.717, 1.165) is 37.2 Å². The third kappa shape index (κ3) is 7.01. The van der Waals surface area contributed by atoms with Gasteiger partial charge in [-0.25, -0.2) is 0 Å². The Morgan fingerprint density at radius 3 is 2.48 bits per heavy atom. The van der Waals surface area contributed by atoms with E-state index < -0.39 is 0 Å². The van der Waals surface area contributed by atoms with Crippen molar-refractivity contribution in [2.24, 2.45) is 18.0 Å². The number of guanidine groups is 1. The predicted octanol–water partition coefficient (Wildman–Crippen LogP) is 2.35. The molecule has 0 spiro atoms. The number of nitrogens with zero attached hydrogens (tertiary/aromatic N) is 5. The molecule has 27 heavy (non-hydrogen) atoms. The fourth-order valence-electron chi connectivity index (χ4n) is 3.54. The first kappa shape index (κ1) is 22.1. The van der Waals surface area contributed by atoms with E-state index >= 15 is 0 Å². The monoisotopic (exact) mass is 396 g/mol. The number of hydrogen-bond acceptors (Lipinski definition) is 3. The maximum Gasteiger partial charge on any atom is 0.194 e. The summed E-state index contributed by atoms with van der Waals surface area (Å²) in [5, 5.41) is 4.19. The van der Waals surface area contributed by atoms with Gasteiger partial charge in [0.05, 0.1) is 11.6 Å². The molecule has 1 aromatic rings. The highest BCUT2D eigenvalue weighted by molar-refractivity contribution is 6.30. The highest BCUT2D eigenvalue weighted by atomic mass is 35.5. The third-order valence-corrected chi connectivity index (χ3v) is 5.41. The molecule has 1 fully saturated rings. The number of hydrogen-bond donors (Lipinski definition) is 1. The van der Waals surface area contributed by atoms with Gasteiger partial charge in [-0.2, -0.15) is 0 Å². The molecular weight excluding hydrogens is 360 g/mol.